The number of hydrogen-bond donors (Lipinski definition) is 6. The fourth-order valence-electron chi connectivity index (χ4n) is 6.16. The van der Waals surface area contributed by atoms with Crippen molar-refractivity contribution in [3.05, 3.63) is 0 Å². The molecule has 10 heteroatoms. The molecular formula is C25H49N7O3. The van der Waals surface area contributed by atoms with E-state index < -0.39 is 0 Å². The summed E-state index contributed by atoms with van der Waals surface area (Å²) < 4.78 is 10.9. The van der Waals surface area contributed by atoms with E-state index in [1.807, 2.05) is 0 Å². The second kappa shape index (κ2) is 14.2. The summed E-state index contributed by atoms with van der Waals surface area (Å²) in [6.45, 7) is 4.96. The maximum absolute atomic E-state index is 12.9. The second-order valence-electron chi connectivity index (χ2n) is 10.9. The number of rotatable bonds is 11. The molecule has 4 fully saturated rings. The van der Waals surface area contributed by atoms with Crippen molar-refractivity contribution in [1.29, 1.82) is 0 Å². The molecule has 6 N–H and O–H groups in total. The van der Waals surface area contributed by atoms with E-state index in [2.05, 4.69) is 44.1 Å². The second-order valence-corrected chi connectivity index (χ2v) is 10.9. The monoisotopic (exact) mass is 495 g/mol. The lowest BCUT2D eigenvalue weighted by atomic mass is 9.84. The molecule has 0 aromatic carbocycles. The highest BCUT2D eigenvalue weighted by atomic mass is 16.5. The Bertz CT molecular complexity index is 628. The van der Waals surface area contributed by atoms with E-state index in [9.17, 15) is 4.79 Å². The molecule has 0 aromatic rings. The van der Waals surface area contributed by atoms with Crippen molar-refractivity contribution >= 4 is 5.91 Å². The van der Waals surface area contributed by atoms with E-state index in [0.29, 0.717) is 43.5 Å². The molecule has 35 heavy (non-hydrogen) atoms. The molecule has 2 saturated carbocycles. The van der Waals surface area contributed by atoms with E-state index in [1.54, 1.807) is 7.11 Å². The fraction of sp³-hybridized carbons (Fsp3) is 0.960. The van der Waals surface area contributed by atoms with Crippen LogP contribution in [0.1, 0.15) is 57.8 Å². The molecule has 4 aliphatic rings. The quantitative estimate of drug-likeness (QED) is 0.222. The van der Waals surface area contributed by atoms with Crippen molar-refractivity contribution in [2.75, 3.05) is 53.7 Å². The van der Waals surface area contributed by atoms with Gasteiger partial charge in [-0.15, -0.1) is 0 Å². The summed E-state index contributed by atoms with van der Waals surface area (Å²) in [6, 6.07) is 0.852. The molecule has 2 heterocycles. The first-order valence-electron chi connectivity index (χ1n) is 13.9. The third-order valence-electron chi connectivity index (χ3n) is 8.48. The van der Waals surface area contributed by atoms with Gasteiger partial charge in [-0.3, -0.25) is 15.0 Å². The van der Waals surface area contributed by atoms with Crippen LogP contribution < -0.4 is 32.1 Å². The Morgan fingerprint density at radius 1 is 1.03 bits per heavy atom. The molecule has 2 aliphatic heterocycles. The zero-order valence-corrected chi connectivity index (χ0v) is 21.8. The predicted octanol–water partition coefficient (Wildman–Crippen LogP) is 0.0736. The van der Waals surface area contributed by atoms with Gasteiger partial charge in [0.05, 0.1) is 31.6 Å². The first kappa shape index (κ1) is 27.2. The summed E-state index contributed by atoms with van der Waals surface area (Å²) >= 11 is 0. The summed E-state index contributed by atoms with van der Waals surface area (Å²) in [5.74, 6) is 0.969. The minimum Gasteiger partial charge on any atom is -0.382 e. The Balaban J connectivity index is 1.11. The number of hydrogen-bond acceptors (Lipinski definition) is 9. The van der Waals surface area contributed by atoms with Crippen LogP contribution in [-0.2, 0) is 14.3 Å². The Hall–Kier alpha value is -0.850. The van der Waals surface area contributed by atoms with Crippen molar-refractivity contribution in [3.63, 3.8) is 0 Å². The van der Waals surface area contributed by atoms with Crippen LogP contribution in [0.25, 0.3) is 0 Å². The van der Waals surface area contributed by atoms with Gasteiger partial charge in [-0.1, -0.05) is 6.42 Å². The number of ether oxygens (including phenoxy) is 2. The molecule has 202 valence electrons. The molecule has 4 rings (SSSR count). The van der Waals surface area contributed by atoms with Crippen LogP contribution >= 0.6 is 0 Å². The van der Waals surface area contributed by atoms with Crippen molar-refractivity contribution in [2.45, 2.75) is 88.3 Å². The zero-order valence-electron chi connectivity index (χ0n) is 21.8. The normalized spacial score (nSPS) is 36.8. The number of carbonyl (C=O) groups is 1. The molecule has 0 spiro atoms. The van der Waals surface area contributed by atoms with Gasteiger partial charge in [-0.2, -0.15) is 0 Å². The standard InChI is InChI=1S/C25H49N7O3/c1-32-23(30-31-24(32)22-10-11-26-17-29-22)16-27-20-5-3-4-19(14-20)25(33)28-15-18-6-8-21(9-7-18)35-13-12-34-2/h18-24,26-27,29-31H,3-17H2,1-2H3,(H,28,33). The topological polar surface area (TPSA) is 111 Å². The average molecular weight is 496 g/mol. The number of carbonyl (C=O) groups excluding carboxylic acids is 1. The van der Waals surface area contributed by atoms with Gasteiger partial charge in [-0.05, 0) is 70.9 Å². The summed E-state index contributed by atoms with van der Waals surface area (Å²) in [7, 11) is 3.89. The highest BCUT2D eigenvalue weighted by molar-refractivity contribution is 5.78. The van der Waals surface area contributed by atoms with E-state index in [-0.39, 0.29) is 18.0 Å². The predicted molar refractivity (Wildman–Crippen MR) is 136 cm³/mol. The number of methoxy groups -OCH3 is 1. The minimum absolute atomic E-state index is 0.133. The molecule has 2 saturated heterocycles. The number of nitrogens with one attached hydrogen (secondary N) is 6. The lowest BCUT2D eigenvalue weighted by molar-refractivity contribution is -0.126. The van der Waals surface area contributed by atoms with Gasteiger partial charge in [0.25, 0.3) is 0 Å². The van der Waals surface area contributed by atoms with E-state index >= 15 is 0 Å². The Morgan fingerprint density at radius 2 is 1.89 bits per heavy atom. The van der Waals surface area contributed by atoms with Crippen molar-refractivity contribution in [1.82, 2.24) is 37.0 Å². The van der Waals surface area contributed by atoms with Gasteiger partial charge in [0.2, 0.25) is 5.91 Å². The third kappa shape index (κ3) is 8.07. The molecule has 1 amide bonds. The lowest BCUT2D eigenvalue weighted by Gasteiger charge is -2.34. The first-order valence-corrected chi connectivity index (χ1v) is 13.9. The largest absolute Gasteiger partial charge is 0.382 e. The average Bonchev–Trinajstić information content (AvgIpc) is 3.27. The third-order valence-corrected chi connectivity index (χ3v) is 8.48. The van der Waals surface area contributed by atoms with Crippen LogP contribution in [0, 0.1) is 11.8 Å². The lowest BCUT2D eigenvalue weighted by Crippen LogP contribution is -2.58. The van der Waals surface area contributed by atoms with Crippen LogP contribution in [-0.4, -0.2) is 95.0 Å². The number of amides is 1. The van der Waals surface area contributed by atoms with Gasteiger partial charge in [-0.25, -0.2) is 10.9 Å². The minimum atomic E-state index is 0.133. The molecule has 2 aliphatic carbocycles. The van der Waals surface area contributed by atoms with Crippen molar-refractivity contribution in [2.24, 2.45) is 11.8 Å². The summed E-state index contributed by atoms with van der Waals surface area (Å²) in [6.07, 6.45) is 10.7. The van der Waals surface area contributed by atoms with Gasteiger partial charge < -0.3 is 25.4 Å². The maximum atomic E-state index is 12.9. The number of hydrazine groups is 1. The van der Waals surface area contributed by atoms with Gasteiger partial charge in [0.1, 0.15) is 0 Å². The highest BCUT2D eigenvalue weighted by Gasteiger charge is 2.36. The Labute approximate surface area is 211 Å². The molecule has 0 bridgehead atoms. The molecule has 5 atom stereocenters. The van der Waals surface area contributed by atoms with Crippen LogP contribution in [0.15, 0.2) is 0 Å². The van der Waals surface area contributed by atoms with Crippen molar-refractivity contribution < 1.29 is 14.3 Å². The summed E-state index contributed by atoms with van der Waals surface area (Å²) in [4.78, 5) is 15.3. The molecule has 0 aromatic heterocycles. The van der Waals surface area contributed by atoms with Crippen LogP contribution in [0.2, 0.25) is 0 Å². The van der Waals surface area contributed by atoms with E-state index in [4.69, 9.17) is 9.47 Å². The smallest absolute Gasteiger partial charge is 0.223 e. The van der Waals surface area contributed by atoms with E-state index in [0.717, 1.165) is 84.1 Å². The van der Waals surface area contributed by atoms with Gasteiger partial charge >= 0.3 is 0 Å². The van der Waals surface area contributed by atoms with Crippen LogP contribution in [0.4, 0.5) is 0 Å². The van der Waals surface area contributed by atoms with Gasteiger partial charge in [0.15, 0.2) is 0 Å². The van der Waals surface area contributed by atoms with Crippen molar-refractivity contribution in [3.8, 4) is 0 Å². The Kier molecular flexibility index (Phi) is 11.0. The molecular weight excluding hydrogens is 446 g/mol. The Morgan fingerprint density at radius 3 is 2.66 bits per heavy atom. The highest BCUT2D eigenvalue weighted by Crippen LogP contribution is 2.27. The number of likely N-dealkylation sites (N-methyl/N-ethyl adjacent to an activating group) is 1. The SMILES string of the molecule is COCCOC1CCC(CNC(=O)C2CCCC(NCC3NNC(C4CCNCN4)N3C)C2)CC1. The first-order chi connectivity index (χ1) is 17.1. The summed E-state index contributed by atoms with van der Waals surface area (Å²) in [5.41, 5.74) is 6.93. The fourth-order valence-corrected chi connectivity index (χ4v) is 6.16. The van der Waals surface area contributed by atoms with E-state index in [1.165, 1.54) is 0 Å². The zero-order chi connectivity index (χ0) is 24.5. The summed E-state index contributed by atoms with van der Waals surface area (Å²) in [5, 5.41) is 13.9. The molecule has 5 unspecified atom stereocenters. The van der Waals surface area contributed by atoms with Crippen LogP contribution in [0.3, 0.4) is 0 Å². The van der Waals surface area contributed by atoms with Crippen LogP contribution in [0.5, 0.6) is 0 Å². The molecule has 0 radical (unpaired) electrons. The maximum Gasteiger partial charge on any atom is 0.223 e. The van der Waals surface area contributed by atoms with Gasteiger partial charge in [0, 0.05) is 44.9 Å². The number of nitrogens with zero attached hydrogens (tertiary/aromatic N) is 1. The molecule has 10 nitrogen and oxygen atoms in total.